The first kappa shape index (κ1) is 21.6. The normalized spacial score (nSPS) is 10.8. The van der Waals surface area contributed by atoms with Crippen molar-refractivity contribution in [1.29, 1.82) is 0 Å². The smallest absolute Gasteiger partial charge is 0.0885 e. The van der Waals surface area contributed by atoms with Gasteiger partial charge in [-0.2, -0.15) is 0 Å². The van der Waals surface area contributed by atoms with Gasteiger partial charge >= 0.3 is 0 Å². The first-order valence-electron chi connectivity index (χ1n) is 8.56. The van der Waals surface area contributed by atoms with E-state index in [1.807, 2.05) is 0 Å². The van der Waals surface area contributed by atoms with Crippen LogP contribution >= 0.6 is 0 Å². The first-order chi connectivity index (χ1) is 8.91. The molecule has 0 heterocycles. The fourth-order valence-corrected chi connectivity index (χ4v) is 2.32. The summed E-state index contributed by atoms with van der Waals surface area (Å²) in [6.07, 6.45) is 24.4. The molecule has 0 spiro atoms. The molecule has 0 aliphatic carbocycles. The molecule has 0 atom stereocenters. The Kier molecular flexibility index (Phi) is 23.4. The minimum atomic E-state index is 0. The lowest BCUT2D eigenvalue weighted by Gasteiger charge is -1.98. The average molecular weight is 282 g/mol. The van der Waals surface area contributed by atoms with E-state index in [2.05, 4.69) is 26.0 Å². The standard InChI is InChI=1S/C18H36.Al.3H/c1-3-5-7-9-11-13-15-17-18-16-14-12-10-8-6-4-2;;;;/h17-18H,3-16H2,1-2H3;;;;/b18-17-;;;;. The Morgan fingerprint density at radius 3 is 1.16 bits per heavy atom. The SMILES string of the molecule is CCCCCCCC/C=C\CCCCCCCC.[AlH3]. The zero-order valence-corrected chi connectivity index (χ0v) is 13.1. The van der Waals surface area contributed by atoms with Gasteiger partial charge in [-0.15, -0.1) is 0 Å². The Morgan fingerprint density at radius 1 is 0.474 bits per heavy atom. The van der Waals surface area contributed by atoms with Gasteiger partial charge in [-0.25, -0.2) is 0 Å². The summed E-state index contributed by atoms with van der Waals surface area (Å²) in [6, 6.07) is 0. The van der Waals surface area contributed by atoms with Crippen molar-refractivity contribution in [3.63, 3.8) is 0 Å². The maximum absolute atomic E-state index is 2.41. The molecule has 0 fully saturated rings. The maximum Gasteiger partial charge on any atom is 0.187 e. The van der Waals surface area contributed by atoms with Gasteiger partial charge in [-0.05, 0) is 25.7 Å². The zero-order valence-electron chi connectivity index (χ0n) is 13.1. The largest absolute Gasteiger partial charge is 0.187 e. The van der Waals surface area contributed by atoms with Crippen molar-refractivity contribution in [2.24, 2.45) is 0 Å². The summed E-state index contributed by atoms with van der Waals surface area (Å²) in [4.78, 5) is 0. The third kappa shape index (κ3) is 20.7. The van der Waals surface area contributed by atoms with E-state index < -0.39 is 0 Å². The number of hydrogen-bond acceptors (Lipinski definition) is 0. The van der Waals surface area contributed by atoms with Crippen LogP contribution in [0, 0.1) is 0 Å². The zero-order chi connectivity index (χ0) is 13.3. The quantitative estimate of drug-likeness (QED) is 0.213. The van der Waals surface area contributed by atoms with E-state index in [9.17, 15) is 0 Å². The van der Waals surface area contributed by atoms with Crippen LogP contribution in [-0.2, 0) is 0 Å². The second-order valence-corrected chi connectivity index (χ2v) is 5.58. The van der Waals surface area contributed by atoms with Crippen LogP contribution in [0.4, 0.5) is 0 Å². The summed E-state index contributed by atoms with van der Waals surface area (Å²) in [5.74, 6) is 0. The fourth-order valence-electron chi connectivity index (χ4n) is 2.32. The summed E-state index contributed by atoms with van der Waals surface area (Å²) in [7, 11) is 0. The highest BCUT2D eigenvalue weighted by molar-refractivity contribution is 5.75. The van der Waals surface area contributed by atoms with E-state index in [4.69, 9.17) is 0 Å². The molecule has 0 saturated carbocycles. The van der Waals surface area contributed by atoms with E-state index >= 15 is 0 Å². The first-order valence-corrected chi connectivity index (χ1v) is 8.56. The highest BCUT2D eigenvalue weighted by Crippen LogP contribution is 2.09. The Bertz CT molecular complexity index is 145. The topological polar surface area (TPSA) is 0 Å². The van der Waals surface area contributed by atoms with Crippen molar-refractivity contribution in [2.75, 3.05) is 0 Å². The summed E-state index contributed by atoms with van der Waals surface area (Å²) >= 11 is 0. The van der Waals surface area contributed by atoms with Gasteiger partial charge in [-0.1, -0.05) is 90.2 Å². The lowest BCUT2D eigenvalue weighted by molar-refractivity contribution is 0.606. The number of rotatable bonds is 14. The Labute approximate surface area is 133 Å². The van der Waals surface area contributed by atoms with Gasteiger partial charge in [0.25, 0.3) is 0 Å². The maximum atomic E-state index is 2.41. The van der Waals surface area contributed by atoms with Crippen molar-refractivity contribution in [1.82, 2.24) is 0 Å². The van der Waals surface area contributed by atoms with Gasteiger partial charge in [0.15, 0.2) is 17.4 Å². The van der Waals surface area contributed by atoms with Crippen LogP contribution in [0.1, 0.15) is 104 Å². The molecule has 0 bridgehead atoms. The predicted molar refractivity (Wildman–Crippen MR) is 95.1 cm³/mol. The summed E-state index contributed by atoms with van der Waals surface area (Å²) < 4.78 is 0. The molecule has 0 aromatic rings. The van der Waals surface area contributed by atoms with Crippen LogP contribution in [0.2, 0.25) is 0 Å². The van der Waals surface area contributed by atoms with E-state index in [1.165, 1.54) is 89.9 Å². The Balaban J connectivity index is 0. The van der Waals surface area contributed by atoms with Crippen LogP contribution in [0.15, 0.2) is 12.2 Å². The van der Waals surface area contributed by atoms with E-state index in [0.717, 1.165) is 0 Å². The molecule has 0 aromatic carbocycles. The third-order valence-corrected chi connectivity index (χ3v) is 3.62. The molecule has 0 amide bonds. The van der Waals surface area contributed by atoms with Crippen LogP contribution in [-0.4, -0.2) is 17.4 Å². The molecule has 0 rings (SSSR count). The van der Waals surface area contributed by atoms with Crippen molar-refractivity contribution >= 4 is 17.4 Å². The van der Waals surface area contributed by atoms with Crippen LogP contribution in [0.25, 0.3) is 0 Å². The van der Waals surface area contributed by atoms with E-state index in [1.54, 1.807) is 0 Å². The van der Waals surface area contributed by atoms with E-state index in [0.29, 0.717) is 0 Å². The van der Waals surface area contributed by atoms with Crippen LogP contribution in [0.3, 0.4) is 0 Å². The molecule has 19 heavy (non-hydrogen) atoms. The van der Waals surface area contributed by atoms with Gasteiger partial charge in [0.05, 0.1) is 0 Å². The molecule has 114 valence electrons. The Morgan fingerprint density at radius 2 is 0.789 bits per heavy atom. The van der Waals surface area contributed by atoms with Crippen molar-refractivity contribution < 1.29 is 0 Å². The number of hydrogen-bond donors (Lipinski definition) is 0. The molecule has 0 aliphatic rings. The number of allylic oxidation sites excluding steroid dienone is 2. The highest BCUT2D eigenvalue weighted by atomic mass is 27.0. The molecule has 1 heteroatoms. The van der Waals surface area contributed by atoms with Gasteiger partial charge in [0.2, 0.25) is 0 Å². The molecule has 0 aromatic heterocycles. The third-order valence-electron chi connectivity index (χ3n) is 3.62. The van der Waals surface area contributed by atoms with Crippen LogP contribution < -0.4 is 0 Å². The molecular formula is C18H39Al. The highest BCUT2D eigenvalue weighted by Gasteiger charge is 1.89. The molecule has 0 saturated heterocycles. The molecule has 0 N–H and O–H groups in total. The second-order valence-electron chi connectivity index (χ2n) is 5.58. The van der Waals surface area contributed by atoms with Crippen LogP contribution in [0.5, 0.6) is 0 Å². The monoisotopic (exact) mass is 282 g/mol. The average Bonchev–Trinajstić information content (AvgIpc) is 2.39. The summed E-state index contributed by atoms with van der Waals surface area (Å²) in [5, 5.41) is 0. The summed E-state index contributed by atoms with van der Waals surface area (Å²) in [5.41, 5.74) is 0. The minimum absolute atomic E-state index is 0. The van der Waals surface area contributed by atoms with Gasteiger partial charge in [0, 0.05) is 0 Å². The Hall–Kier alpha value is 0.272. The van der Waals surface area contributed by atoms with E-state index in [-0.39, 0.29) is 17.4 Å². The number of unbranched alkanes of at least 4 members (excludes halogenated alkanes) is 12. The van der Waals surface area contributed by atoms with Crippen molar-refractivity contribution in [3.8, 4) is 0 Å². The van der Waals surface area contributed by atoms with Crippen molar-refractivity contribution in [3.05, 3.63) is 12.2 Å². The van der Waals surface area contributed by atoms with Gasteiger partial charge in [0.1, 0.15) is 0 Å². The molecule has 0 nitrogen and oxygen atoms in total. The molecular weight excluding hydrogens is 243 g/mol. The lowest BCUT2D eigenvalue weighted by atomic mass is 10.1. The molecule has 0 radical (unpaired) electrons. The van der Waals surface area contributed by atoms with Gasteiger partial charge in [-0.3, -0.25) is 0 Å². The predicted octanol–water partition coefficient (Wildman–Crippen LogP) is 5.86. The molecule has 0 unspecified atom stereocenters. The lowest BCUT2D eigenvalue weighted by Crippen LogP contribution is -1.79. The van der Waals surface area contributed by atoms with Gasteiger partial charge < -0.3 is 0 Å². The second kappa shape index (κ2) is 20.6. The van der Waals surface area contributed by atoms with Crippen molar-refractivity contribution in [2.45, 2.75) is 104 Å². The summed E-state index contributed by atoms with van der Waals surface area (Å²) in [6.45, 7) is 4.57. The fraction of sp³-hybridized carbons (Fsp3) is 0.889. The molecule has 0 aliphatic heterocycles. The minimum Gasteiger partial charge on any atom is -0.0885 e.